The highest BCUT2D eigenvalue weighted by molar-refractivity contribution is 5.91. The number of hydrogen-bond acceptors (Lipinski definition) is 3. The molecule has 2 aliphatic heterocycles. The van der Waals surface area contributed by atoms with Gasteiger partial charge in [-0.25, -0.2) is 4.98 Å². The van der Waals surface area contributed by atoms with Crippen LogP contribution in [-0.2, 0) is 11.3 Å². The third kappa shape index (κ3) is 3.28. The molecule has 3 heterocycles. The maximum absolute atomic E-state index is 12.5. The first kappa shape index (κ1) is 17.2. The Morgan fingerprint density at radius 3 is 2.71 bits per heavy atom. The van der Waals surface area contributed by atoms with Gasteiger partial charge in [0.2, 0.25) is 11.9 Å². The Morgan fingerprint density at radius 1 is 1.29 bits per heavy atom. The minimum absolute atomic E-state index is 0. The van der Waals surface area contributed by atoms with Crippen LogP contribution >= 0.6 is 12.4 Å². The van der Waals surface area contributed by atoms with E-state index in [9.17, 15) is 4.79 Å². The largest absolute Gasteiger partial charge is 0.311 e. The van der Waals surface area contributed by atoms with E-state index in [1.54, 1.807) is 0 Å². The van der Waals surface area contributed by atoms with E-state index in [4.69, 9.17) is 0 Å². The third-order valence-electron chi connectivity index (χ3n) is 5.27. The van der Waals surface area contributed by atoms with E-state index >= 15 is 0 Å². The number of hydrogen-bond donors (Lipinski definition) is 2. The van der Waals surface area contributed by atoms with E-state index < -0.39 is 0 Å². The number of nitrogens with one attached hydrogen (secondary N) is 2. The lowest BCUT2D eigenvalue weighted by Gasteiger charge is -2.28. The lowest BCUT2D eigenvalue weighted by Crippen LogP contribution is -2.39. The number of amides is 1. The molecule has 2 N–H and O–H groups in total. The maximum Gasteiger partial charge on any atom is 0.226 e. The monoisotopic (exact) mass is 348 g/mol. The van der Waals surface area contributed by atoms with E-state index in [0.29, 0.717) is 30.4 Å². The summed E-state index contributed by atoms with van der Waals surface area (Å²) >= 11 is 0. The minimum Gasteiger partial charge on any atom is -0.311 e. The van der Waals surface area contributed by atoms with Crippen molar-refractivity contribution < 1.29 is 4.79 Å². The van der Waals surface area contributed by atoms with Crippen LogP contribution in [0.25, 0.3) is 11.0 Å². The standard InChI is InChI=1S/C18H24N4O.ClH/c1-2-22-16-6-4-3-5-15(16)20-18(22)21-17(23)11-12-9-13-7-8-14(10-12)19-13;/h3-6,12-14,19H,2,7-11H2,1H3,(H,20,21,23);1H. The van der Waals surface area contributed by atoms with E-state index in [0.717, 1.165) is 30.4 Å². The van der Waals surface area contributed by atoms with Gasteiger partial charge in [0.25, 0.3) is 0 Å². The van der Waals surface area contributed by atoms with Crippen molar-refractivity contribution in [1.29, 1.82) is 0 Å². The Labute approximate surface area is 148 Å². The molecule has 1 aromatic carbocycles. The van der Waals surface area contributed by atoms with Gasteiger partial charge in [0, 0.05) is 25.0 Å². The van der Waals surface area contributed by atoms with Gasteiger partial charge >= 0.3 is 0 Å². The van der Waals surface area contributed by atoms with Gasteiger partial charge in [-0.3, -0.25) is 10.1 Å². The van der Waals surface area contributed by atoms with Gasteiger partial charge in [-0.1, -0.05) is 12.1 Å². The predicted molar refractivity (Wildman–Crippen MR) is 98.6 cm³/mol. The van der Waals surface area contributed by atoms with Crippen molar-refractivity contribution in [3.8, 4) is 0 Å². The number of rotatable bonds is 4. The van der Waals surface area contributed by atoms with Gasteiger partial charge in [0.15, 0.2) is 0 Å². The summed E-state index contributed by atoms with van der Waals surface area (Å²) < 4.78 is 2.07. The zero-order valence-electron chi connectivity index (χ0n) is 14.0. The number of nitrogens with zero attached hydrogens (tertiary/aromatic N) is 2. The van der Waals surface area contributed by atoms with Crippen LogP contribution in [0.4, 0.5) is 5.95 Å². The predicted octanol–water partition coefficient (Wildman–Crippen LogP) is 3.34. The number of halogens is 1. The quantitative estimate of drug-likeness (QED) is 0.890. The lowest BCUT2D eigenvalue weighted by atomic mass is 9.89. The summed E-state index contributed by atoms with van der Waals surface area (Å²) in [7, 11) is 0. The molecule has 2 aliphatic rings. The summed E-state index contributed by atoms with van der Waals surface area (Å²) in [6, 6.07) is 9.28. The van der Waals surface area contributed by atoms with Gasteiger partial charge in [0.05, 0.1) is 11.0 Å². The molecule has 2 aromatic rings. The minimum atomic E-state index is 0. The van der Waals surface area contributed by atoms with Crippen LogP contribution in [0.1, 0.15) is 39.0 Å². The summed E-state index contributed by atoms with van der Waals surface area (Å²) in [6.45, 7) is 2.88. The van der Waals surface area contributed by atoms with Gasteiger partial charge in [-0.2, -0.15) is 0 Å². The second-order valence-electron chi connectivity index (χ2n) is 6.90. The van der Waals surface area contributed by atoms with Crippen LogP contribution < -0.4 is 10.6 Å². The Balaban J connectivity index is 0.00000169. The van der Waals surface area contributed by atoms with Crippen LogP contribution in [0, 0.1) is 5.92 Å². The first-order chi connectivity index (χ1) is 11.2. The molecule has 2 saturated heterocycles. The highest BCUT2D eigenvalue weighted by atomic mass is 35.5. The number of anilines is 1. The molecule has 2 bridgehead atoms. The molecular weight excluding hydrogens is 324 g/mol. The van der Waals surface area contributed by atoms with Crippen LogP contribution in [0.3, 0.4) is 0 Å². The molecule has 4 rings (SSSR count). The average Bonchev–Trinajstić information content (AvgIpc) is 3.06. The molecule has 2 unspecified atom stereocenters. The summed E-state index contributed by atoms with van der Waals surface area (Å²) in [6.07, 6.45) is 5.42. The Hall–Kier alpha value is -1.59. The highest BCUT2D eigenvalue weighted by Gasteiger charge is 2.34. The van der Waals surface area contributed by atoms with E-state index in [-0.39, 0.29) is 18.3 Å². The number of para-hydroxylation sites is 2. The van der Waals surface area contributed by atoms with Gasteiger partial charge in [0.1, 0.15) is 0 Å². The Bertz CT molecular complexity index is 717. The van der Waals surface area contributed by atoms with Crippen molar-refractivity contribution in [3.05, 3.63) is 24.3 Å². The SMILES string of the molecule is CCn1c(NC(=O)CC2CC3CCC(C2)N3)nc2ccccc21.Cl. The van der Waals surface area contributed by atoms with Crippen molar-refractivity contribution in [2.75, 3.05) is 5.32 Å². The fraction of sp³-hybridized carbons (Fsp3) is 0.556. The van der Waals surface area contributed by atoms with E-state index in [1.165, 1.54) is 12.8 Å². The molecule has 130 valence electrons. The second-order valence-corrected chi connectivity index (χ2v) is 6.90. The van der Waals surface area contributed by atoms with E-state index in [1.807, 2.05) is 24.3 Å². The number of benzene rings is 1. The van der Waals surface area contributed by atoms with Crippen molar-refractivity contribution in [1.82, 2.24) is 14.9 Å². The number of imidazole rings is 1. The molecule has 24 heavy (non-hydrogen) atoms. The van der Waals surface area contributed by atoms with Crippen LogP contribution in [0.5, 0.6) is 0 Å². The molecule has 2 atom stereocenters. The number of carbonyl (C=O) groups excluding carboxylic acids is 1. The molecule has 0 saturated carbocycles. The summed E-state index contributed by atoms with van der Waals surface area (Å²) in [4.78, 5) is 17.1. The summed E-state index contributed by atoms with van der Waals surface area (Å²) in [5, 5.41) is 6.67. The van der Waals surface area contributed by atoms with E-state index in [2.05, 4.69) is 27.1 Å². The number of fused-ring (bicyclic) bond motifs is 3. The molecule has 0 spiro atoms. The number of aryl methyl sites for hydroxylation is 1. The summed E-state index contributed by atoms with van der Waals surface area (Å²) in [5.74, 6) is 1.28. The lowest BCUT2D eigenvalue weighted by molar-refractivity contribution is -0.117. The molecule has 6 heteroatoms. The van der Waals surface area contributed by atoms with Gasteiger partial charge in [-0.15, -0.1) is 12.4 Å². The highest BCUT2D eigenvalue weighted by Crippen LogP contribution is 2.32. The first-order valence-corrected chi connectivity index (χ1v) is 8.74. The third-order valence-corrected chi connectivity index (χ3v) is 5.27. The second kappa shape index (κ2) is 7.11. The Morgan fingerprint density at radius 2 is 2.00 bits per heavy atom. The van der Waals surface area contributed by atoms with Crippen LogP contribution in [0.2, 0.25) is 0 Å². The Kier molecular flexibility index (Phi) is 5.11. The molecule has 0 radical (unpaired) electrons. The number of piperidine rings is 1. The van der Waals surface area contributed by atoms with Crippen molar-refractivity contribution >= 4 is 35.3 Å². The average molecular weight is 349 g/mol. The smallest absolute Gasteiger partial charge is 0.226 e. The maximum atomic E-state index is 12.5. The van der Waals surface area contributed by atoms with Gasteiger partial charge in [-0.05, 0) is 50.7 Å². The number of carbonyl (C=O) groups is 1. The fourth-order valence-electron chi connectivity index (χ4n) is 4.27. The van der Waals surface area contributed by atoms with Crippen molar-refractivity contribution in [3.63, 3.8) is 0 Å². The molecule has 5 nitrogen and oxygen atoms in total. The topological polar surface area (TPSA) is 59.0 Å². The van der Waals surface area contributed by atoms with Crippen molar-refractivity contribution in [2.24, 2.45) is 5.92 Å². The number of aromatic nitrogens is 2. The van der Waals surface area contributed by atoms with Crippen LogP contribution in [-0.4, -0.2) is 27.5 Å². The normalized spacial score (nSPS) is 25.5. The fourth-order valence-corrected chi connectivity index (χ4v) is 4.27. The van der Waals surface area contributed by atoms with Gasteiger partial charge < -0.3 is 9.88 Å². The zero-order valence-corrected chi connectivity index (χ0v) is 14.8. The molecule has 1 aromatic heterocycles. The van der Waals surface area contributed by atoms with Crippen molar-refractivity contribution in [2.45, 2.75) is 57.7 Å². The summed E-state index contributed by atoms with van der Waals surface area (Å²) in [5.41, 5.74) is 2.01. The molecule has 0 aliphatic carbocycles. The first-order valence-electron chi connectivity index (χ1n) is 8.74. The van der Waals surface area contributed by atoms with Crippen LogP contribution in [0.15, 0.2) is 24.3 Å². The zero-order chi connectivity index (χ0) is 15.8. The molecule has 1 amide bonds. The molecular formula is C18H25ClN4O. The molecule has 2 fully saturated rings.